The van der Waals surface area contributed by atoms with E-state index in [0.29, 0.717) is 30.2 Å². The molecule has 0 saturated heterocycles. The third kappa shape index (κ3) is 5.88. The largest absolute Gasteiger partial charge is 0.478 e. The normalized spacial score (nSPS) is 10.7. The Morgan fingerprint density at radius 1 is 0.861 bits per heavy atom. The van der Waals surface area contributed by atoms with Crippen molar-refractivity contribution in [1.82, 2.24) is 9.97 Å². The summed E-state index contributed by atoms with van der Waals surface area (Å²) < 4.78 is 15.0. The number of carboxylic acids is 1. The summed E-state index contributed by atoms with van der Waals surface area (Å²) >= 11 is 22.6. The first-order valence-electron chi connectivity index (χ1n) is 10.0. The molecule has 1 N–H and O–H groups in total. The van der Waals surface area contributed by atoms with Crippen molar-refractivity contribution in [3.63, 3.8) is 0 Å². The second-order valence-electron chi connectivity index (χ2n) is 7.16. The van der Waals surface area contributed by atoms with Gasteiger partial charge in [-0.3, -0.25) is 9.80 Å². The zero-order valence-electron chi connectivity index (χ0n) is 17.9. The molecule has 0 atom stereocenters. The van der Waals surface area contributed by atoms with Crippen LogP contribution in [0.4, 0.5) is 27.4 Å². The highest BCUT2D eigenvalue weighted by atomic mass is 127. The number of carbonyl (C=O) groups is 1. The summed E-state index contributed by atoms with van der Waals surface area (Å²) in [6.45, 7) is 0. The Morgan fingerprint density at radius 3 is 1.83 bits per heavy atom. The molecule has 4 rings (SSSR count). The summed E-state index contributed by atoms with van der Waals surface area (Å²) in [5, 5.41) is 10.2. The molecule has 2 aromatic carbocycles. The van der Waals surface area contributed by atoms with Gasteiger partial charge in [-0.25, -0.2) is 19.2 Å². The van der Waals surface area contributed by atoms with Crippen LogP contribution in [0.25, 0.3) is 0 Å². The lowest BCUT2D eigenvalue weighted by Gasteiger charge is -2.33. The van der Waals surface area contributed by atoms with Gasteiger partial charge in [-0.05, 0) is 118 Å². The van der Waals surface area contributed by atoms with Gasteiger partial charge in [0.15, 0.2) is 5.11 Å². The number of rotatable bonds is 5. The number of anilines is 4. The Morgan fingerprint density at radius 2 is 1.36 bits per heavy atom. The zero-order chi connectivity index (χ0) is 26.0. The molecule has 6 nitrogen and oxygen atoms in total. The number of hydrogen-bond donors (Lipinski definition) is 1. The number of thiocarbonyl (C=S) groups is 1. The number of pyridine rings is 2. The average Bonchev–Trinajstić information content (AvgIpc) is 2.82. The van der Waals surface area contributed by atoms with E-state index in [1.165, 1.54) is 12.1 Å². The number of nitrogens with zero attached hydrogens (tertiary/aromatic N) is 4. The maximum absolute atomic E-state index is 13.8. The fourth-order valence-corrected chi connectivity index (χ4v) is 6.24. The predicted molar refractivity (Wildman–Crippen MR) is 161 cm³/mol. The van der Waals surface area contributed by atoms with Crippen LogP contribution in [0, 0.1) is 13.0 Å². The number of hydrogen-bond acceptors (Lipinski definition) is 4. The van der Waals surface area contributed by atoms with E-state index in [-0.39, 0.29) is 21.0 Å². The Labute approximate surface area is 248 Å². The summed E-state index contributed by atoms with van der Waals surface area (Å²) in [5.41, 5.74) is 1.25. The van der Waals surface area contributed by atoms with Gasteiger partial charge in [0.25, 0.3) is 0 Å². The molecule has 2 aromatic heterocycles. The minimum Gasteiger partial charge on any atom is -0.478 e. The summed E-state index contributed by atoms with van der Waals surface area (Å²) in [4.78, 5) is 23.8. The molecule has 0 fully saturated rings. The Kier molecular flexibility index (Phi) is 8.60. The Balaban J connectivity index is 1.97. The highest BCUT2D eigenvalue weighted by molar-refractivity contribution is 14.1. The first kappa shape index (κ1) is 26.9. The first-order chi connectivity index (χ1) is 17.2. The van der Waals surface area contributed by atoms with Crippen molar-refractivity contribution in [3.05, 3.63) is 102 Å². The van der Waals surface area contributed by atoms with E-state index in [0.717, 1.165) is 0 Å². The van der Waals surface area contributed by atoms with Gasteiger partial charge in [0.05, 0.1) is 16.9 Å². The lowest BCUT2D eigenvalue weighted by Crippen LogP contribution is -2.39. The second-order valence-corrected chi connectivity index (χ2v) is 10.6. The molecule has 0 saturated carbocycles. The van der Waals surface area contributed by atoms with E-state index in [9.17, 15) is 14.3 Å². The molecule has 182 valence electrons. The van der Waals surface area contributed by atoms with E-state index in [1.807, 2.05) is 0 Å². The number of aromatic nitrogens is 2. The molecule has 0 aliphatic rings. The lowest BCUT2D eigenvalue weighted by atomic mass is 10.2. The van der Waals surface area contributed by atoms with Crippen LogP contribution in [0.5, 0.6) is 0 Å². The van der Waals surface area contributed by atoms with Gasteiger partial charge in [0, 0.05) is 7.14 Å². The van der Waals surface area contributed by atoms with Gasteiger partial charge >= 0.3 is 5.97 Å². The number of benzene rings is 2. The van der Waals surface area contributed by atoms with Crippen molar-refractivity contribution in [2.24, 2.45) is 0 Å². The molecule has 2 heterocycles. The monoisotopic (exact) mass is 764 g/mol. The third-order valence-electron chi connectivity index (χ3n) is 4.81. The second kappa shape index (κ2) is 11.5. The molecule has 4 aromatic rings. The van der Waals surface area contributed by atoms with Crippen LogP contribution in [-0.4, -0.2) is 26.2 Å². The van der Waals surface area contributed by atoms with Crippen molar-refractivity contribution < 1.29 is 14.3 Å². The predicted octanol–water partition coefficient (Wildman–Crippen LogP) is 8.09. The van der Waals surface area contributed by atoms with Crippen LogP contribution >= 0.6 is 80.6 Å². The fraction of sp³-hybridized carbons (Fsp3) is 0. The molecule has 0 unspecified atom stereocenters. The SMILES string of the molecule is O=C(O)c1cc(I)c(N(C(=S)N(c2ccc(F)cc2)c2cccc(Cl)n2)c2cccc(Cl)n2)c(I)c1. The summed E-state index contributed by atoms with van der Waals surface area (Å²) in [5.74, 6) is -0.687. The van der Waals surface area contributed by atoms with Crippen LogP contribution in [0.3, 0.4) is 0 Å². The van der Waals surface area contributed by atoms with Crippen LogP contribution in [0.15, 0.2) is 72.8 Å². The quantitative estimate of drug-likeness (QED) is 0.125. The number of halogens is 5. The van der Waals surface area contributed by atoms with Crippen molar-refractivity contribution in [1.29, 1.82) is 0 Å². The third-order valence-corrected chi connectivity index (χ3v) is 7.24. The van der Waals surface area contributed by atoms with Gasteiger partial charge < -0.3 is 5.11 Å². The van der Waals surface area contributed by atoms with Crippen molar-refractivity contribution in [2.75, 3.05) is 9.80 Å². The van der Waals surface area contributed by atoms with Gasteiger partial charge in [-0.2, -0.15) is 0 Å². The van der Waals surface area contributed by atoms with E-state index < -0.39 is 11.8 Å². The first-order valence-corrected chi connectivity index (χ1v) is 13.3. The summed E-state index contributed by atoms with van der Waals surface area (Å²) in [7, 11) is 0. The summed E-state index contributed by atoms with van der Waals surface area (Å²) in [6.07, 6.45) is 0. The Bertz CT molecular complexity index is 1450. The highest BCUT2D eigenvalue weighted by Gasteiger charge is 2.29. The Hall–Kier alpha value is -2.13. The molecule has 36 heavy (non-hydrogen) atoms. The van der Waals surface area contributed by atoms with Crippen LogP contribution in [0.2, 0.25) is 10.3 Å². The van der Waals surface area contributed by atoms with E-state index in [4.69, 9.17) is 35.4 Å². The van der Waals surface area contributed by atoms with Gasteiger partial charge in [0.1, 0.15) is 27.8 Å². The zero-order valence-corrected chi connectivity index (χ0v) is 24.5. The topological polar surface area (TPSA) is 69.6 Å². The lowest BCUT2D eigenvalue weighted by molar-refractivity contribution is 0.0696. The van der Waals surface area contributed by atoms with Gasteiger partial charge in [-0.1, -0.05) is 35.3 Å². The standard InChI is InChI=1S/C24H13Cl2FI2N4O2S/c25-18-3-1-5-20(30-18)32(15-9-7-14(27)8-10-15)24(36)33(21-6-2-4-19(26)31-21)22-16(28)11-13(23(34)35)12-17(22)29/h1-12H,(H,34,35). The highest BCUT2D eigenvalue weighted by Crippen LogP contribution is 2.38. The molecular weight excluding hydrogens is 752 g/mol. The smallest absolute Gasteiger partial charge is 0.335 e. The average molecular weight is 765 g/mol. The molecule has 0 aliphatic heterocycles. The number of carboxylic acid groups (broad SMARTS) is 1. The van der Waals surface area contributed by atoms with Crippen LogP contribution in [-0.2, 0) is 0 Å². The minimum atomic E-state index is -1.05. The fourth-order valence-electron chi connectivity index (χ4n) is 3.29. The van der Waals surface area contributed by atoms with Crippen LogP contribution in [0.1, 0.15) is 10.4 Å². The maximum Gasteiger partial charge on any atom is 0.335 e. The van der Waals surface area contributed by atoms with Crippen molar-refractivity contribution >= 4 is 115 Å². The minimum absolute atomic E-state index is 0.129. The van der Waals surface area contributed by atoms with E-state index >= 15 is 0 Å². The molecule has 0 radical (unpaired) electrons. The molecule has 12 heteroatoms. The van der Waals surface area contributed by atoms with Crippen LogP contribution < -0.4 is 9.80 Å². The molecular formula is C24H13Cl2FI2N4O2S. The molecule has 0 aliphatic carbocycles. The molecule has 0 amide bonds. The van der Waals surface area contributed by atoms with E-state index in [2.05, 4.69) is 55.1 Å². The maximum atomic E-state index is 13.8. The summed E-state index contributed by atoms with van der Waals surface area (Å²) in [6, 6.07) is 19.0. The van der Waals surface area contributed by atoms with Gasteiger partial charge in [0.2, 0.25) is 0 Å². The van der Waals surface area contributed by atoms with Crippen molar-refractivity contribution in [2.45, 2.75) is 0 Å². The van der Waals surface area contributed by atoms with E-state index in [1.54, 1.807) is 70.5 Å². The molecule has 0 bridgehead atoms. The number of aromatic carboxylic acids is 1. The van der Waals surface area contributed by atoms with Gasteiger partial charge in [-0.15, -0.1) is 0 Å². The van der Waals surface area contributed by atoms with Crippen molar-refractivity contribution in [3.8, 4) is 0 Å². The molecule has 0 spiro atoms.